The number of ether oxygens (including phenoxy) is 4. The number of nitrogens with zero attached hydrogens (tertiary/aromatic N) is 5. The third kappa shape index (κ3) is 23.7. The zero-order valence-electron chi connectivity index (χ0n) is 91.4. The fourth-order valence-electron chi connectivity index (χ4n) is 34.1. The summed E-state index contributed by atoms with van der Waals surface area (Å²) in [6, 6.07) is 42.2. The predicted molar refractivity (Wildman–Crippen MR) is 585 cm³/mol. The molecule has 0 radical (unpaired) electrons. The second kappa shape index (κ2) is 47.1. The molecule has 16 aliphatic rings. The molecule has 5 aromatic rings. The van der Waals surface area contributed by atoms with Crippen LogP contribution in [0.25, 0.3) is 0 Å². The lowest BCUT2D eigenvalue weighted by Crippen LogP contribution is -2.62. The molecular formula is C121H177Cl4N7O12. The fraction of sp³-hybridized carbons (Fsp3) is 0.702. The van der Waals surface area contributed by atoms with Crippen molar-refractivity contribution in [3.8, 4) is 23.0 Å². The van der Waals surface area contributed by atoms with Gasteiger partial charge in [-0.05, 0) is 393 Å². The van der Waals surface area contributed by atoms with Gasteiger partial charge in [0.2, 0.25) is 23.6 Å². The first kappa shape index (κ1) is 114. The second-order valence-corrected chi connectivity index (χ2v) is 51.2. The number of Topliss-reactive ketones (excluding diaryl/α,β-unsaturated/α-hetero) is 2. The number of ketones is 2. The number of nitrogen functional groups attached to an aromatic ring is 1. The first-order chi connectivity index (χ1) is 68.2. The number of carbonyl (C=O) groups is 6. The smallest absolute Gasteiger partial charge is 0.269 e. The molecule has 4 amide bonds. The van der Waals surface area contributed by atoms with E-state index in [2.05, 4.69) is 185 Å². The predicted octanol–water partition coefficient (Wildman–Crippen LogP) is 28.4. The van der Waals surface area contributed by atoms with Gasteiger partial charge in [0, 0.05) is 114 Å². The number of nitro groups is 1. The van der Waals surface area contributed by atoms with Crippen molar-refractivity contribution in [2.24, 2.45) is 138 Å². The Bertz CT molecular complexity index is 5010. The number of alkyl halides is 4. The molecule has 12 aliphatic carbocycles. The molecule has 0 bridgehead atoms. The standard InChI is InChI=1S/C27H40N2O2.C27H39NO2.C26H36N2O4.C26H38N2O2.C8H8O.C3H6O.C2H6.2CH2Cl2/c1-17-14-23-27(3,13-11-24(30)29(23)5)21-10-12-26(2)16-20(15-22(26)25(17)21)31-19-8-6-18(28-4)7-9-19;1-17-6-8-19(9-7-17)30-20-15-22-25-18(2)14-23-27(4,13-11-24(29)28(23)5)21(25)10-12-26(22,3)16-20;1-16-13-22-26(3,12-10-23(29)27(22)4)20-9-11-25(2)15-19(14-21(25)24(16)20)32-18-7-5-17(6-8-18)28(30)31;1-16-13-22-26(3,12-10-23(29)28(22)4)20-9-11-25(2)15-19(14-21(25)24(16)20)30-18-7-5-17(27)6-8-18;1-7(9)8-5-3-2-4-6-8;1-3(2)4;1-2;2*2-1-3/h6-9,17,20-23,25,28H,10-16H2,1-5H3;6-9,18,20-23,25H,10-16H2,1-5H3;5-8,16,19-22,24H,9-15H2,1-4H3;5-8,16,19-22,24H,9-15,27H2,1-4H3;2-6H,1H3;1-2H3;1-2H3;2*1H2/t17-,20-,21?,22?,23?,25?,26+,27+;18-,20-,21?,22?,23?,25?,26+,27+;16?,19?,20?,21?,22?,24?,25-,26-;16-,19-,20?,21?,22?,24?,25+,26+;;;;;/m0010...../s1. The van der Waals surface area contributed by atoms with E-state index < -0.39 is 0 Å². The molecule has 144 heavy (non-hydrogen) atoms. The summed E-state index contributed by atoms with van der Waals surface area (Å²) < 4.78 is 25.9. The third-order valence-electron chi connectivity index (χ3n) is 41.1. The molecule has 0 spiro atoms. The van der Waals surface area contributed by atoms with Crippen LogP contribution in [0.15, 0.2) is 127 Å². The number of non-ortho nitro benzene ring substituents is 1. The number of aryl methyl sites for hydroxylation is 1. The largest absolute Gasteiger partial charge is 0.490 e. The lowest BCUT2D eigenvalue weighted by Gasteiger charge is -2.63. The number of nitro benzene ring substituents is 1. The van der Waals surface area contributed by atoms with Crippen LogP contribution in [0.2, 0.25) is 0 Å². The summed E-state index contributed by atoms with van der Waals surface area (Å²) >= 11 is 19.1. The minimum Gasteiger partial charge on any atom is -0.490 e. The van der Waals surface area contributed by atoms with Crippen molar-refractivity contribution in [1.82, 2.24) is 19.6 Å². The Labute approximate surface area is 884 Å². The molecule has 4 heterocycles. The Kier molecular flexibility index (Phi) is 37.2. The first-order valence-electron chi connectivity index (χ1n) is 55.1. The van der Waals surface area contributed by atoms with Gasteiger partial charge in [-0.25, -0.2) is 0 Å². The van der Waals surface area contributed by atoms with Gasteiger partial charge in [-0.1, -0.05) is 145 Å². The average Bonchev–Trinajstić information content (AvgIpc) is 1.52. The summed E-state index contributed by atoms with van der Waals surface area (Å²) in [6.07, 6.45) is 32.5. The summed E-state index contributed by atoms with van der Waals surface area (Å²) in [7, 11) is 10.1. The molecule has 23 heteroatoms. The van der Waals surface area contributed by atoms with Crippen LogP contribution in [-0.2, 0) is 24.0 Å². The molecule has 4 aliphatic heterocycles. The number of hydrogen-bond acceptors (Lipinski definition) is 14. The highest BCUT2D eigenvalue weighted by molar-refractivity contribution is 6.41. The van der Waals surface area contributed by atoms with Crippen LogP contribution >= 0.6 is 46.4 Å². The number of halogens is 4. The number of nitrogens with two attached hydrogens (primary N) is 1. The second-order valence-electron chi connectivity index (χ2n) is 49.5. The summed E-state index contributed by atoms with van der Waals surface area (Å²) in [5, 5.41) is 14.5. The minimum absolute atomic E-state index is 0.0991. The van der Waals surface area contributed by atoms with Gasteiger partial charge in [-0.3, -0.25) is 34.1 Å². The van der Waals surface area contributed by atoms with Crippen molar-refractivity contribution in [2.75, 3.05) is 57.0 Å². The van der Waals surface area contributed by atoms with Crippen LogP contribution in [-0.4, -0.2) is 154 Å². The highest BCUT2D eigenvalue weighted by atomic mass is 35.5. The van der Waals surface area contributed by atoms with E-state index in [1.54, 1.807) is 19.1 Å². The van der Waals surface area contributed by atoms with Crippen molar-refractivity contribution in [2.45, 2.75) is 353 Å². The SMILES string of the molecule is CC.CC(=O)c1ccccc1.CC(C)=O.CC1CC2N(C)C(=O)CC[C@]2(C)C2CC[C@]3(C)CC(Oc4ccc([N+](=O)[O-])cc4)CC3C12.CNc1ccc(O[C@H]2CC3C4C(CC[C@]3(C)C2)[C@@]2(C)CCC(=O)N(C)C2C[C@@H]4C)cc1.C[C@H]1CC2N(C)C(=O)CC[C@]2(C)C2CC[C@]3(C)C[C@@H](Oc4ccc(N)cc4)CC3C21.Cc1ccc(O[C@H]2CC3C4C(CC[C@]3(C)C2)[C@@]2(C)CCC(=O)N(C)C2C[C@@H]4C)cc1.ClCCl.ClCCl. The van der Waals surface area contributed by atoms with Crippen molar-refractivity contribution >= 4 is 98.7 Å². The van der Waals surface area contributed by atoms with Crippen molar-refractivity contribution < 1.29 is 52.6 Å². The van der Waals surface area contributed by atoms with Gasteiger partial charge in [0.05, 0.1) is 40.0 Å². The molecule has 5 aromatic carbocycles. The van der Waals surface area contributed by atoms with Gasteiger partial charge >= 0.3 is 0 Å². The van der Waals surface area contributed by atoms with Crippen LogP contribution in [0.1, 0.15) is 313 Å². The number of piperidine rings is 4. The molecule has 796 valence electrons. The van der Waals surface area contributed by atoms with E-state index in [9.17, 15) is 38.9 Å². The number of carbonyl (C=O) groups excluding carboxylic acids is 6. The highest BCUT2D eigenvalue weighted by Crippen LogP contribution is 2.72. The van der Waals surface area contributed by atoms with Crippen molar-refractivity contribution in [1.29, 1.82) is 0 Å². The Hall–Kier alpha value is -7.32. The number of fused-ring (bicyclic) bond motifs is 20. The number of amides is 4. The average molecular weight is 2060 g/mol. The normalized spacial score (nSPS) is 39.1. The maximum Gasteiger partial charge on any atom is 0.269 e. The van der Waals surface area contributed by atoms with Gasteiger partial charge in [-0.2, -0.15) is 0 Å². The highest BCUT2D eigenvalue weighted by Gasteiger charge is 2.68. The van der Waals surface area contributed by atoms with E-state index in [0.717, 1.165) is 170 Å². The molecular weight excluding hydrogens is 1890 g/mol. The lowest BCUT2D eigenvalue weighted by atomic mass is 9.45. The molecule has 12 saturated carbocycles. The zero-order chi connectivity index (χ0) is 105. The molecule has 16 fully saturated rings. The van der Waals surface area contributed by atoms with Crippen LogP contribution < -0.4 is 30.0 Å². The number of benzene rings is 5. The van der Waals surface area contributed by atoms with Crippen LogP contribution in [0.5, 0.6) is 23.0 Å². The lowest BCUT2D eigenvalue weighted by molar-refractivity contribution is -0.384. The summed E-state index contributed by atoms with van der Waals surface area (Å²) in [5.41, 5.74) is 12.4. The number of likely N-dealkylation sites (tertiary alicyclic amines) is 4. The monoisotopic (exact) mass is 2060 g/mol. The van der Waals surface area contributed by atoms with Crippen molar-refractivity contribution in [3.63, 3.8) is 0 Å². The molecule has 4 saturated heterocycles. The van der Waals surface area contributed by atoms with E-state index in [-0.39, 0.29) is 60.6 Å². The fourth-order valence-corrected chi connectivity index (χ4v) is 34.1. The van der Waals surface area contributed by atoms with E-state index in [1.165, 1.54) is 128 Å². The molecule has 19 nitrogen and oxygen atoms in total. The quantitative estimate of drug-likeness (QED) is 0.0412. The number of rotatable bonds is 11. The van der Waals surface area contributed by atoms with Gasteiger partial charge in [0.1, 0.15) is 28.8 Å². The maximum atomic E-state index is 12.5. The van der Waals surface area contributed by atoms with Crippen molar-refractivity contribution in [3.05, 3.63) is 149 Å². The number of anilines is 2. The molecule has 21 rings (SSSR count). The molecule has 32 atom stereocenters. The van der Waals surface area contributed by atoms with E-state index in [1.807, 2.05) is 82.5 Å². The van der Waals surface area contributed by atoms with Crippen LogP contribution in [0.4, 0.5) is 17.1 Å². The molecule has 0 aromatic heterocycles. The topological polar surface area (TPSA) is 233 Å². The molecule has 3 N–H and O–H groups in total. The summed E-state index contributed by atoms with van der Waals surface area (Å²) in [6.45, 7) is 40.7. The summed E-state index contributed by atoms with van der Waals surface area (Å²) in [4.78, 5) is 88.8. The van der Waals surface area contributed by atoms with Crippen LogP contribution in [0, 0.1) is 155 Å². The number of nitrogens with one attached hydrogen (secondary N) is 1. The van der Waals surface area contributed by atoms with Gasteiger partial charge in [0.15, 0.2) is 5.78 Å². The summed E-state index contributed by atoms with van der Waals surface area (Å²) in [5.74, 6) is 16.7. The Balaban J connectivity index is 0.000000151. The van der Waals surface area contributed by atoms with E-state index in [0.29, 0.717) is 136 Å². The van der Waals surface area contributed by atoms with E-state index >= 15 is 0 Å². The Morgan fingerprint density at radius 3 is 0.875 bits per heavy atom. The van der Waals surface area contributed by atoms with E-state index in [4.69, 9.17) is 71.1 Å². The third-order valence-corrected chi connectivity index (χ3v) is 41.1. The molecule has 18 unspecified atom stereocenters. The Morgan fingerprint density at radius 2 is 0.639 bits per heavy atom. The van der Waals surface area contributed by atoms with Gasteiger partial charge in [0.25, 0.3) is 5.69 Å². The van der Waals surface area contributed by atoms with Gasteiger partial charge < -0.3 is 54.4 Å². The number of hydrogen-bond donors (Lipinski definition) is 2. The first-order valence-corrected chi connectivity index (χ1v) is 57.2. The Morgan fingerprint density at radius 1 is 0.396 bits per heavy atom. The van der Waals surface area contributed by atoms with Crippen LogP contribution in [0.3, 0.4) is 0 Å². The zero-order valence-corrected chi connectivity index (χ0v) is 94.4. The minimum atomic E-state index is -0.371. The van der Waals surface area contributed by atoms with Gasteiger partial charge in [-0.15, -0.1) is 46.4 Å². The maximum absolute atomic E-state index is 12.5.